The summed E-state index contributed by atoms with van der Waals surface area (Å²) in [6, 6.07) is 0. The number of alkyl halides is 3. The smallest absolute Gasteiger partial charge is 0.299 e. The van der Waals surface area contributed by atoms with Gasteiger partial charge in [0.15, 0.2) is 5.69 Å². The molecule has 1 aliphatic heterocycles. The molecule has 94 valence electrons. The molecule has 2 rings (SSSR count). The first-order chi connectivity index (χ1) is 7.91. The molecule has 17 heavy (non-hydrogen) atoms. The molecule has 0 N–H and O–H groups in total. The lowest BCUT2D eigenvalue weighted by molar-refractivity contribution is -0.142. The standard InChI is InChI=1S/C10H11ClF3N3/c1-2-17-4-3-7-6(5-17)8(10(12,13)14)16-9(11)15-7/h2-5H2,1H3. The molecule has 0 radical (unpaired) electrons. The Kier molecular flexibility index (Phi) is 3.27. The van der Waals surface area contributed by atoms with Gasteiger partial charge in [-0.3, -0.25) is 4.90 Å². The Morgan fingerprint density at radius 2 is 2.06 bits per heavy atom. The maximum Gasteiger partial charge on any atom is 0.433 e. The second kappa shape index (κ2) is 4.42. The van der Waals surface area contributed by atoms with Crippen molar-refractivity contribution in [2.24, 2.45) is 0 Å². The van der Waals surface area contributed by atoms with E-state index in [1.165, 1.54) is 0 Å². The fraction of sp³-hybridized carbons (Fsp3) is 0.600. The van der Waals surface area contributed by atoms with Crippen LogP contribution in [0.5, 0.6) is 0 Å². The van der Waals surface area contributed by atoms with E-state index in [1.54, 1.807) is 0 Å². The van der Waals surface area contributed by atoms with Crippen molar-refractivity contribution in [2.45, 2.75) is 26.1 Å². The Labute approximate surface area is 102 Å². The van der Waals surface area contributed by atoms with Crippen LogP contribution in [0.4, 0.5) is 13.2 Å². The second-order valence-electron chi connectivity index (χ2n) is 3.88. The van der Waals surface area contributed by atoms with Crippen LogP contribution in [-0.2, 0) is 19.1 Å². The topological polar surface area (TPSA) is 29.0 Å². The molecule has 2 heterocycles. The Balaban J connectivity index is 2.49. The molecule has 0 spiro atoms. The van der Waals surface area contributed by atoms with Gasteiger partial charge in [0.25, 0.3) is 0 Å². The van der Waals surface area contributed by atoms with Gasteiger partial charge in [-0.1, -0.05) is 6.92 Å². The molecule has 3 nitrogen and oxygen atoms in total. The first kappa shape index (κ1) is 12.6. The summed E-state index contributed by atoms with van der Waals surface area (Å²) in [5.74, 6) is 0. The zero-order valence-electron chi connectivity index (χ0n) is 9.18. The van der Waals surface area contributed by atoms with E-state index in [4.69, 9.17) is 11.6 Å². The van der Waals surface area contributed by atoms with E-state index in [0.29, 0.717) is 25.2 Å². The number of hydrogen-bond donors (Lipinski definition) is 0. The number of aromatic nitrogens is 2. The predicted molar refractivity (Wildman–Crippen MR) is 56.7 cm³/mol. The Hall–Kier alpha value is -0.880. The van der Waals surface area contributed by atoms with Crippen LogP contribution in [0.1, 0.15) is 23.9 Å². The first-order valence-electron chi connectivity index (χ1n) is 5.26. The Morgan fingerprint density at radius 3 is 2.65 bits per heavy atom. The lowest BCUT2D eigenvalue weighted by Gasteiger charge is -2.28. The molecule has 0 atom stereocenters. The van der Waals surface area contributed by atoms with Crippen molar-refractivity contribution in [3.63, 3.8) is 0 Å². The van der Waals surface area contributed by atoms with E-state index >= 15 is 0 Å². The zero-order valence-corrected chi connectivity index (χ0v) is 9.94. The fourth-order valence-corrected chi connectivity index (χ4v) is 2.13. The minimum Gasteiger partial charge on any atom is -0.299 e. The van der Waals surface area contributed by atoms with Crippen LogP contribution >= 0.6 is 11.6 Å². The van der Waals surface area contributed by atoms with E-state index in [0.717, 1.165) is 0 Å². The molecule has 0 saturated heterocycles. The van der Waals surface area contributed by atoms with Gasteiger partial charge in [0, 0.05) is 25.1 Å². The highest BCUT2D eigenvalue weighted by atomic mass is 35.5. The van der Waals surface area contributed by atoms with Crippen LogP contribution in [0.25, 0.3) is 0 Å². The van der Waals surface area contributed by atoms with Gasteiger partial charge in [0.1, 0.15) is 0 Å². The minimum absolute atomic E-state index is 0.162. The summed E-state index contributed by atoms with van der Waals surface area (Å²) >= 11 is 5.52. The summed E-state index contributed by atoms with van der Waals surface area (Å²) < 4.78 is 38.5. The van der Waals surface area contributed by atoms with Crippen molar-refractivity contribution >= 4 is 11.6 Å². The van der Waals surface area contributed by atoms with Crippen molar-refractivity contribution in [2.75, 3.05) is 13.1 Å². The summed E-state index contributed by atoms with van der Waals surface area (Å²) in [5, 5.41) is -0.332. The van der Waals surface area contributed by atoms with E-state index in [1.807, 2.05) is 11.8 Å². The van der Waals surface area contributed by atoms with Crippen molar-refractivity contribution < 1.29 is 13.2 Å². The van der Waals surface area contributed by atoms with E-state index in [9.17, 15) is 13.2 Å². The van der Waals surface area contributed by atoms with Gasteiger partial charge in [-0.15, -0.1) is 0 Å². The van der Waals surface area contributed by atoms with Gasteiger partial charge in [-0.25, -0.2) is 9.97 Å². The minimum atomic E-state index is -4.48. The molecule has 1 aliphatic rings. The van der Waals surface area contributed by atoms with Crippen molar-refractivity contribution in [3.05, 3.63) is 22.2 Å². The lowest BCUT2D eigenvalue weighted by Crippen LogP contribution is -2.33. The van der Waals surface area contributed by atoms with Gasteiger partial charge in [-0.2, -0.15) is 13.2 Å². The molecule has 0 unspecified atom stereocenters. The van der Waals surface area contributed by atoms with E-state index < -0.39 is 11.9 Å². The fourth-order valence-electron chi connectivity index (χ4n) is 1.94. The van der Waals surface area contributed by atoms with Gasteiger partial charge >= 0.3 is 6.18 Å². The van der Waals surface area contributed by atoms with Gasteiger partial charge in [-0.05, 0) is 18.1 Å². The van der Waals surface area contributed by atoms with Crippen LogP contribution < -0.4 is 0 Å². The number of halogens is 4. The normalized spacial score (nSPS) is 17.0. The number of rotatable bonds is 1. The Morgan fingerprint density at radius 1 is 1.35 bits per heavy atom. The molecular formula is C10H11ClF3N3. The molecule has 0 aromatic carbocycles. The largest absolute Gasteiger partial charge is 0.433 e. The summed E-state index contributed by atoms with van der Waals surface area (Å²) in [7, 11) is 0. The van der Waals surface area contributed by atoms with Crippen molar-refractivity contribution in [3.8, 4) is 0 Å². The highest BCUT2D eigenvalue weighted by molar-refractivity contribution is 6.28. The van der Waals surface area contributed by atoms with Gasteiger partial charge in [0.05, 0.1) is 5.69 Å². The highest BCUT2D eigenvalue weighted by Gasteiger charge is 2.38. The average molecular weight is 266 g/mol. The predicted octanol–water partition coefficient (Wildman–Crippen LogP) is 2.53. The third-order valence-electron chi connectivity index (χ3n) is 2.83. The van der Waals surface area contributed by atoms with Crippen LogP contribution in [0.2, 0.25) is 5.28 Å². The summed E-state index contributed by atoms with van der Waals surface area (Å²) in [6.45, 7) is 3.56. The average Bonchev–Trinajstić information content (AvgIpc) is 2.26. The van der Waals surface area contributed by atoms with E-state index in [2.05, 4.69) is 9.97 Å². The number of likely N-dealkylation sites (N-methyl/N-ethyl adjacent to an activating group) is 1. The quantitative estimate of drug-likeness (QED) is 0.731. The third-order valence-corrected chi connectivity index (χ3v) is 3.00. The maximum atomic E-state index is 12.8. The SMILES string of the molecule is CCN1CCc2nc(Cl)nc(C(F)(F)F)c2C1. The molecule has 0 saturated carbocycles. The molecule has 7 heteroatoms. The molecule has 0 amide bonds. The Bertz CT molecular complexity index is 434. The second-order valence-corrected chi connectivity index (χ2v) is 4.22. The van der Waals surface area contributed by atoms with E-state index in [-0.39, 0.29) is 17.4 Å². The summed E-state index contributed by atoms with van der Waals surface area (Å²) in [6.07, 6.45) is -4.00. The van der Waals surface area contributed by atoms with Crippen LogP contribution in [0.3, 0.4) is 0 Å². The molecular weight excluding hydrogens is 255 g/mol. The molecule has 1 aromatic rings. The van der Waals surface area contributed by atoms with Crippen LogP contribution in [0, 0.1) is 0 Å². The highest BCUT2D eigenvalue weighted by Crippen LogP contribution is 2.34. The monoisotopic (exact) mass is 265 g/mol. The lowest BCUT2D eigenvalue weighted by atomic mass is 10.0. The number of nitrogens with zero attached hydrogens (tertiary/aromatic N) is 3. The summed E-state index contributed by atoms with van der Waals surface area (Å²) in [5.41, 5.74) is -0.317. The molecule has 0 bridgehead atoms. The van der Waals surface area contributed by atoms with Gasteiger partial charge in [0.2, 0.25) is 5.28 Å². The summed E-state index contributed by atoms with van der Waals surface area (Å²) in [4.78, 5) is 9.14. The number of fused-ring (bicyclic) bond motifs is 1. The van der Waals surface area contributed by atoms with Crippen molar-refractivity contribution in [1.82, 2.24) is 14.9 Å². The van der Waals surface area contributed by atoms with Crippen LogP contribution in [-0.4, -0.2) is 28.0 Å². The zero-order chi connectivity index (χ0) is 12.6. The number of hydrogen-bond acceptors (Lipinski definition) is 3. The molecule has 0 aliphatic carbocycles. The maximum absolute atomic E-state index is 12.8. The van der Waals surface area contributed by atoms with Crippen molar-refractivity contribution in [1.29, 1.82) is 0 Å². The third kappa shape index (κ3) is 2.52. The molecule has 1 aromatic heterocycles. The first-order valence-corrected chi connectivity index (χ1v) is 5.64. The van der Waals surface area contributed by atoms with Crippen LogP contribution in [0.15, 0.2) is 0 Å². The van der Waals surface area contributed by atoms with Gasteiger partial charge < -0.3 is 0 Å². The molecule has 0 fully saturated rings.